The van der Waals surface area contributed by atoms with Gasteiger partial charge in [-0.1, -0.05) is 48.0 Å². The van der Waals surface area contributed by atoms with Crippen LogP contribution in [-0.4, -0.2) is 0 Å². The number of hydrogen-bond donors (Lipinski definition) is 1. The Bertz CT molecular complexity index is 565. The van der Waals surface area contributed by atoms with Gasteiger partial charge in [-0.3, -0.25) is 0 Å². The summed E-state index contributed by atoms with van der Waals surface area (Å²) in [5.74, 6) is 0.487. The van der Waals surface area contributed by atoms with E-state index >= 15 is 0 Å². The molecular weight excluding hydrogens is 242 g/mol. The number of hydrogen-bond acceptors (Lipinski definition) is 1. The Kier molecular flexibility index (Phi) is 3.11. The molecule has 2 atom stereocenters. The van der Waals surface area contributed by atoms with Crippen molar-refractivity contribution in [1.29, 1.82) is 0 Å². The molecule has 1 aliphatic rings. The number of rotatable bonds is 2. The number of benzene rings is 2. The van der Waals surface area contributed by atoms with Gasteiger partial charge in [0.2, 0.25) is 0 Å². The molecule has 2 heteroatoms. The molecule has 0 aliphatic heterocycles. The fraction of sp³-hybridized carbons (Fsp3) is 0.250. The first-order chi connectivity index (χ1) is 8.74. The zero-order valence-corrected chi connectivity index (χ0v) is 10.9. The Morgan fingerprint density at radius 3 is 2.72 bits per heavy atom. The highest BCUT2D eigenvalue weighted by atomic mass is 35.5. The van der Waals surface area contributed by atoms with Crippen molar-refractivity contribution < 1.29 is 0 Å². The molecule has 3 rings (SSSR count). The molecule has 2 aromatic rings. The van der Waals surface area contributed by atoms with Crippen molar-refractivity contribution in [1.82, 2.24) is 0 Å². The molecule has 1 aliphatic carbocycles. The van der Waals surface area contributed by atoms with Crippen LogP contribution >= 0.6 is 11.6 Å². The van der Waals surface area contributed by atoms with Crippen LogP contribution in [0.4, 0.5) is 0 Å². The fourth-order valence-electron chi connectivity index (χ4n) is 2.87. The highest BCUT2D eigenvalue weighted by Gasteiger charge is 2.29. The second-order valence-corrected chi connectivity index (χ2v) is 5.46. The largest absolute Gasteiger partial charge is 0.324 e. The van der Waals surface area contributed by atoms with Crippen LogP contribution in [0.25, 0.3) is 0 Å². The minimum Gasteiger partial charge on any atom is -0.324 e. The summed E-state index contributed by atoms with van der Waals surface area (Å²) >= 11 is 6.02. The van der Waals surface area contributed by atoms with Crippen molar-refractivity contribution >= 4 is 11.6 Å². The van der Waals surface area contributed by atoms with Gasteiger partial charge in [-0.2, -0.15) is 0 Å². The van der Waals surface area contributed by atoms with E-state index in [-0.39, 0.29) is 6.04 Å². The summed E-state index contributed by atoms with van der Waals surface area (Å²) in [5, 5.41) is 0.802. The van der Waals surface area contributed by atoms with E-state index in [1.807, 2.05) is 18.2 Å². The Labute approximate surface area is 113 Å². The zero-order valence-electron chi connectivity index (χ0n) is 10.1. The summed E-state index contributed by atoms with van der Waals surface area (Å²) in [6.45, 7) is 0. The van der Waals surface area contributed by atoms with Crippen LogP contribution in [0.1, 0.15) is 22.7 Å². The summed E-state index contributed by atoms with van der Waals surface area (Å²) in [6, 6.07) is 16.7. The molecule has 2 aromatic carbocycles. The average molecular weight is 258 g/mol. The quantitative estimate of drug-likeness (QED) is 0.871. The second-order valence-electron chi connectivity index (χ2n) is 5.02. The minimum absolute atomic E-state index is 0.153. The normalized spacial score (nSPS) is 21.9. The van der Waals surface area contributed by atoms with E-state index in [0.717, 1.165) is 17.9 Å². The molecule has 0 aromatic heterocycles. The highest BCUT2D eigenvalue weighted by molar-refractivity contribution is 6.30. The van der Waals surface area contributed by atoms with Gasteiger partial charge in [0.05, 0.1) is 0 Å². The van der Waals surface area contributed by atoms with E-state index in [0.29, 0.717) is 5.92 Å². The predicted octanol–water partition coefficient (Wildman–Crippen LogP) is 3.75. The average Bonchev–Trinajstić information content (AvgIpc) is 2.67. The lowest BCUT2D eigenvalue weighted by Gasteiger charge is -2.16. The van der Waals surface area contributed by atoms with E-state index in [9.17, 15) is 0 Å². The summed E-state index contributed by atoms with van der Waals surface area (Å²) in [4.78, 5) is 0. The Morgan fingerprint density at radius 1 is 1.11 bits per heavy atom. The third-order valence-corrected chi connectivity index (χ3v) is 4.03. The van der Waals surface area contributed by atoms with E-state index in [2.05, 4.69) is 30.3 Å². The third-order valence-electron chi connectivity index (χ3n) is 3.79. The van der Waals surface area contributed by atoms with Crippen LogP contribution < -0.4 is 5.73 Å². The van der Waals surface area contributed by atoms with Crippen LogP contribution in [0.5, 0.6) is 0 Å². The van der Waals surface area contributed by atoms with Gasteiger partial charge in [0, 0.05) is 11.1 Å². The molecule has 18 heavy (non-hydrogen) atoms. The van der Waals surface area contributed by atoms with Gasteiger partial charge in [0.1, 0.15) is 0 Å². The van der Waals surface area contributed by atoms with Gasteiger partial charge in [-0.25, -0.2) is 0 Å². The van der Waals surface area contributed by atoms with Crippen molar-refractivity contribution in [3.8, 4) is 0 Å². The van der Waals surface area contributed by atoms with Crippen LogP contribution in [0, 0.1) is 5.92 Å². The summed E-state index contributed by atoms with van der Waals surface area (Å²) in [5.41, 5.74) is 10.3. The molecule has 0 radical (unpaired) electrons. The van der Waals surface area contributed by atoms with Gasteiger partial charge in [0.15, 0.2) is 0 Å². The molecule has 0 heterocycles. The molecule has 1 nitrogen and oxygen atoms in total. The van der Waals surface area contributed by atoms with Gasteiger partial charge in [0.25, 0.3) is 0 Å². The Morgan fingerprint density at radius 2 is 1.94 bits per heavy atom. The van der Waals surface area contributed by atoms with Gasteiger partial charge >= 0.3 is 0 Å². The fourth-order valence-corrected chi connectivity index (χ4v) is 3.09. The maximum absolute atomic E-state index is 6.34. The van der Waals surface area contributed by atoms with Crippen molar-refractivity contribution in [2.24, 2.45) is 11.7 Å². The SMILES string of the molecule is NC1c2ccccc2CC1Cc1cccc(Cl)c1. The van der Waals surface area contributed by atoms with Crippen molar-refractivity contribution in [3.05, 3.63) is 70.2 Å². The van der Waals surface area contributed by atoms with Crippen molar-refractivity contribution in [2.45, 2.75) is 18.9 Å². The molecular formula is C16H16ClN. The molecule has 0 saturated carbocycles. The van der Waals surface area contributed by atoms with Crippen LogP contribution in [0.15, 0.2) is 48.5 Å². The summed E-state index contributed by atoms with van der Waals surface area (Å²) < 4.78 is 0. The molecule has 2 unspecified atom stereocenters. The molecule has 0 amide bonds. The minimum atomic E-state index is 0.153. The third kappa shape index (κ3) is 2.16. The van der Waals surface area contributed by atoms with Crippen LogP contribution in [-0.2, 0) is 12.8 Å². The van der Waals surface area contributed by atoms with Crippen molar-refractivity contribution in [3.63, 3.8) is 0 Å². The van der Waals surface area contributed by atoms with E-state index in [4.69, 9.17) is 17.3 Å². The standard InChI is InChI=1S/C16H16ClN/c17-14-6-3-4-11(9-14)8-13-10-12-5-1-2-7-15(12)16(13)18/h1-7,9,13,16H,8,10,18H2. The first-order valence-electron chi connectivity index (χ1n) is 6.32. The molecule has 2 N–H and O–H groups in total. The first kappa shape index (κ1) is 11.8. The van der Waals surface area contributed by atoms with Gasteiger partial charge < -0.3 is 5.73 Å². The van der Waals surface area contributed by atoms with Gasteiger partial charge in [-0.15, -0.1) is 0 Å². The summed E-state index contributed by atoms with van der Waals surface area (Å²) in [7, 11) is 0. The molecule has 0 saturated heterocycles. The topological polar surface area (TPSA) is 26.0 Å². The Hall–Kier alpha value is -1.31. The van der Waals surface area contributed by atoms with Gasteiger partial charge in [-0.05, 0) is 47.6 Å². The second kappa shape index (κ2) is 4.75. The molecule has 92 valence electrons. The lowest BCUT2D eigenvalue weighted by Crippen LogP contribution is -2.18. The number of halogens is 1. The molecule has 0 fully saturated rings. The van der Waals surface area contributed by atoms with E-state index < -0.39 is 0 Å². The maximum atomic E-state index is 6.34. The molecule has 0 bridgehead atoms. The van der Waals surface area contributed by atoms with Crippen LogP contribution in [0.2, 0.25) is 5.02 Å². The predicted molar refractivity (Wildman–Crippen MR) is 75.7 cm³/mol. The number of fused-ring (bicyclic) bond motifs is 1. The lowest BCUT2D eigenvalue weighted by atomic mass is 9.93. The number of nitrogens with two attached hydrogens (primary N) is 1. The molecule has 0 spiro atoms. The lowest BCUT2D eigenvalue weighted by molar-refractivity contribution is 0.465. The van der Waals surface area contributed by atoms with E-state index in [1.165, 1.54) is 16.7 Å². The first-order valence-corrected chi connectivity index (χ1v) is 6.69. The maximum Gasteiger partial charge on any atom is 0.0408 e. The smallest absolute Gasteiger partial charge is 0.0408 e. The summed E-state index contributed by atoms with van der Waals surface area (Å²) in [6.07, 6.45) is 2.07. The van der Waals surface area contributed by atoms with Crippen LogP contribution in [0.3, 0.4) is 0 Å². The van der Waals surface area contributed by atoms with E-state index in [1.54, 1.807) is 0 Å². The zero-order chi connectivity index (χ0) is 12.5. The Balaban J connectivity index is 1.81. The highest BCUT2D eigenvalue weighted by Crippen LogP contribution is 2.36. The van der Waals surface area contributed by atoms with Crippen molar-refractivity contribution in [2.75, 3.05) is 0 Å². The monoisotopic (exact) mass is 257 g/mol.